The molecule has 7 heteroatoms. The van der Waals surface area contributed by atoms with E-state index < -0.39 is 27.1 Å². The van der Waals surface area contributed by atoms with Gasteiger partial charge in [-0.1, -0.05) is 19.1 Å². The molecule has 1 aromatic rings. The molecule has 0 heterocycles. The predicted octanol–water partition coefficient (Wildman–Crippen LogP) is 1.71. The number of carboxylic acid groups (broad SMARTS) is 1. The Balaban J connectivity index is 2.86. The largest absolute Gasteiger partial charge is 0.481 e. The quantitative estimate of drug-likeness (QED) is 0.794. The summed E-state index contributed by atoms with van der Waals surface area (Å²) >= 11 is 0. The van der Waals surface area contributed by atoms with Crippen molar-refractivity contribution < 1.29 is 23.1 Å². The fourth-order valence-corrected chi connectivity index (χ4v) is 2.86. The molecular formula is C15H21NO5S. The minimum Gasteiger partial charge on any atom is -0.481 e. The summed E-state index contributed by atoms with van der Waals surface area (Å²) in [6.07, 6.45) is 0.247. The molecule has 1 amide bonds. The molecule has 0 bridgehead atoms. The molecule has 0 aliphatic rings. The van der Waals surface area contributed by atoms with Crippen molar-refractivity contribution >= 4 is 21.7 Å². The monoisotopic (exact) mass is 327 g/mol. The van der Waals surface area contributed by atoms with Gasteiger partial charge in [0.1, 0.15) is 0 Å². The van der Waals surface area contributed by atoms with Crippen LogP contribution >= 0.6 is 0 Å². The summed E-state index contributed by atoms with van der Waals surface area (Å²) in [6, 6.07) is 5.99. The average molecular weight is 327 g/mol. The fourth-order valence-electron chi connectivity index (χ4n) is 1.77. The van der Waals surface area contributed by atoms with Gasteiger partial charge in [-0.2, -0.15) is 0 Å². The summed E-state index contributed by atoms with van der Waals surface area (Å²) in [4.78, 5) is 23.2. The molecule has 1 aromatic carbocycles. The maximum Gasteiger partial charge on any atom is 0.309 e. The minimum atomic E-state index is -3.50. The highest BCUT2D eigenvalue weighted by atomic mass is 32.2. The van der Waals surface area contributed by atoms with Gasteiger partial charge in [0.15, 0.2) is 9.84 Å². The number of hydrogen-bond acceptors (Lipinski definition) is 4. The maximum atomic E-state index is 12.2. The third-order valence-electron chi connectivity index (χ3n) is 3.46. The van der Waals surface area contributed by atoms with Crippen molar-refractivity contribution in [1.29, 1.82) is 0 Å². The average Bonchev–Trinajstić information content (AvgIpc) is 2.46. The molecule has 0 aliphatic carbocycles. The van der Waals surface area contributed by atoms with E-state index in [-0.39, 0.29) is 29.2 Å². The molecule has 6 nitrogen and oxygen atoms in total. The number of sulfone groups is 1. The molecule has 0 aliphatic heterocycles. The van der Waals surface area contributed by atoms with Crippen molar-refractivity contribution in [1.82, 2.24) is 5.32 Å². The molecule has 2 N–H and O–H groups in total. The summed E-state index contributed by atoms with van der Waals surface area (Å²) in [5.41, 5.74) is -0.875. The van der Waals surface area contributed by atoms with Crippen LogP contribution in [0.25, 0.3) is 0 Å². The van der Waals surface area contributed by atoms with Gasteiger partial charge in [-0.25, -0.2) is 8.42 Å². The smallest absolute Gasteiger partial charge is 0.309 e. The van der Waals surface area contributed by atoms with E-state index in [1.54, 1.807) is 26.0 Å². The van der Waals surface area contributed by atoms with Gasteiger partial charge >= 0.3 is 5.97 Å². The standard InChI is InChI=1S/C15H21NO5S/c1-4-22(20,21)12-8-6-5-7-11(12)13(17)16-10-9-15(2,3)14(18)19/h5-8H,4,9-10H2,1-3H3,(H,16,17)(H,18,19). The van der Waals surface area contributed by atoms with Crippen molar-refractivity contribution in [3.8, 4) is 0 Å². The highest BCUT2D eigenvalue weighted by Gasteiger charge is 2.27. The first-order valence-corrected chi connectivity index (χ1v) is 8.60. The van der Waals surface area contributed by atoms with Gasteiger partial charge in [0, 0.05) is 6.54 Å². The lowest BCUT2D eigenvalue weighted by Gasteiger charge is -2.19. The van der Waals surface area contributed by atoms with Crippen molar-refractivity contribution in [3.05, 3.63) is 29.8 Å². The van der Waals surface area contributed by atoms with E-state index in [4.69, 9.17) is 5.11 Å². The SMILES string of the molecule is CCS(=O)(=O)c1ccccc1C(=O)NCCC(C)(C)C(=O)O. The number of carboxylic acids is 1. The van der Waals surface area contributed by atoms with E-state index in [1.165, 1.54) is 19.1 Å². The van der Waals surface area contributed by atoms with E-state index in [1.807, 2.05) is 0 Å². The number of aliphatic carboxylic acids is 1. The molecule has 1 rings (SSSR count). The zero-order valence-corrected chi connectivity index (χ0v) is 13.7. The number of rotatable bonds is 7. The Morgan fingerprint density at radius 3 is 2.36 bits per heavy atom. The first-order chi connectivity index (χ1) is 10.1. The van der Waals surface area contributed by atoms with Gasteiger partial charge in [0.25, 0.3) is 5.91 Å². The lowest BCUT2D eigenvalue weighted by atomic mass is 9.90. The first kappa shape index (κ1) is 18.2. The second kappa shape index (κ2) is 6.91. The number of carbonyl (C=O) groups excluding carboxylic acids is 1. The number of nitrogens with one attached hydrogen (secondary N) is 1. The first-order valence-electron chi connectivity index (χ1n) is 6.95. The maximum absolute atomic E-state index is 12.2. The van der Waals surface area contributed by atoms with Crippen LogP contribution in [0.4, 0.5) is 0 Å². The van der Waals surface area contributed by atoms with Crippen molar-refractivity contribution in [2.24, 2.45) is 5.41 Å². The Morgan fingerprint density at radius 2 is 1.82 bits per heavy atom. The molecule has 22 heavy (non-hydrogen) atoms. The molecule has 0 fully saturated rings. The van der Waals surface area contributed by atoms with Crippen LogP contribution < -0.4 is 5.32 Å². The van der Waals surface area contributed by atoms with E-state index in [0.29, 0.717) is 0 Å². The summed E-state index contributed by atoms with van der Waals surface area (Å²) in [6.45, 7) is 4.80. The van der Waals surface area contributed by atoms with E-state index in [2.05, 4.69) is 5.32 Å². The van der Waals surface area contributed by atoms with Crippen molar-refractivity contribution in [2.45, 2.75) is 32.1 Å². The lowest BCUT2D eigenvalue weighted by Crippen LogP contribution is -2.32. The topological polar surface area (TPSA) is 101 Å². The molecule has 0 atom stereocenters. The van der Waals surface area contributed by atoms with Crippen LogP contribution in [0.3, 0.4) is 0 Å². The van der Waals surface area contributed by atoms with Crippen LogP contribution in [0.15, 0.2) is 29.2 Å². The van der Waals surface area contributed by atoms with E-state index in [0.717, 1.165) is 0 Å². The van der Waals surface area contributed by atoms with Gasteiger partial charge in [0.05, 0.1) is 21.6 Å². The van der Waals surface area contributed by atoms with E-state index >= 15 is 0 Å². The Kier molecular flexibility index (Phi) is 5.71. The van der Waals surface area contributed by atoms with Crippen molar-refractivity contribution in [2.75, 3.05) is 12.3 Å². The second-order valence-corrected chi connectivity index (χ2v) is 7.84. The highest BCUT2D eigenvalue weighted by Crippen LogP contribution is 2.20. The molecule has 0 saturated heterocycles. The van der Waals surface area contributed by atoms with Gasteiger partial charge in [-0.05, 0) is 32.4 Å². The Hall–Kier alpha value is -1.89. The molecule has 0 aromatic heterocycles. The van der Waals surface area contributed by atoms with Crippen LogP contribution in [-0.4, -0.2) is 37.7 Å². The molecule has 0 radical (unpaired) electrons. The van der Waals surface area contributed by atoms with Crippen LogP contribution in [-0.2, 0) is 14.6 Å². The van der Waals surface area contributed by atoms with Crippen LogP contribution in [0.2, 0.25) is 0 Å². The third kappa shape index (κ3) is 4.30. The lowest BCUT2D eigenvalue weighted by molar-refractivity contribution is -0.147. The van der Waals surface area contributed by atoms with Gasteiger partial charge in [-0.3, -0.25) is 9.59 Å². The molecule has 0 unspecified atom stereocenters. The molecular weight excluding hydrogens is 306 g/mol. The molecule has 0 spiro atoms. The van der Waals surface area contributed by atoms with Crippen molar-refractivity contribution in [3.63, 3.8) is 0 Å². The second-order valence-electron chi connectivity index (χ2n) is 5.59. The Morgan fingerprint density at radius 1 is 1.23 bits per heavy atom. The number of amides is 1. The summed E-state index contributed by atoms with van der Waals surface area (Å²) in [7, 11) is -3.50. The molecule has 0 saturated carbocycles. The summed E-state index contributed by atoms with van der Waals surface area (Å²) in [5, 5.41) is 11.6. The summed E-state index contributed by atoms with van der Waals surface area (Å²) < 4.78 is 24.0. The number of carbonyl (C=O) groups is 2. The van der Waals surface area contributed by atoms with E-state index in [9.17, 15) is 18.0 Å². The number of benzene rings is 1. The van der Waals surface area contributed by atoms with Crippen LogP contribution in [0, 0.1) is 5.41 Å². The Labute approximate surface area is 130 Å². The molecule has 122 valence electrons. The van der Waals surface area contributed by atoms with Gasteiger partial charge in [-0.15, -0.1) is 0 Å². The number of hydrogen-bond donors (Lipinski definition) is 2. The van der Waals surface area contributed by atoms with Crippen LogP contribution in [0.1, 0.15) is 37.6 Å². The normalized spacial score (nSPS) is 12.0. The minimum absolute atomic E-state index is 0.00695. The third-order valence-corrected chi connectivity index (χ3v) is 5.25. The summed E-state index contributed by atoms with van der Waals surface area (Å²) in [5.74, 6) is -1.56. The zero-order valence-electron chi connectivity index (χ0n) is 12.9. The zero-order chi connectivity index (χ0) is 17.0. The highest BCUT2D eigenvalue weighted by molar-refractivity contribution is 7.91. The predicted molar refractivity (Wildman–Crippen MR) is 82.5 cm³/mol. The van der Waals surface area contributed by atoms with Crippen LogP contribution in [0.5, 0.6) is 0 Å². The fraction of sp³-hybridized carbons (Fsp3) is 0.467. The van der Waals surface area contributed by atoms with Gasteiger partial charge < -0.3 is 10.4 Å². The van der Waals surface area contributed by atoms with Gasteiger partial charge in [0.2, 0.25) is 0 Å². The Bertz CT molecular complexity index is 664.